The minimum atomic E-state index is -3.90. The molecule has 1 aliphatic heterocycles. The summed E-state index contributed by atoms with van der Waals surface area (Å²) in [6, 6.07) is 11.6. The Morgan fingerprint density at radius 2 is 1.84 bits per heavy atom. The highest BCUT2D eigenvalue weighted by atomic mass is 32.2. The van der Waals surface area contributed by atoms with Gasteiger partial charge in [0, 0.05) is 6.54 Å². The maximum Gasteiger partial charge on any atom is 0.264 e. The SMILES string of the molecule is COc1ccc(S(=O)(=O)N2CC(C(=O)NCC3CCCCC3)Oc3cc(C)ccc32)cc1. The first-order valence-electron chi connectivity index (χ1n) is 11.1. The van der Waals surface area contributed by atoms with E-state index in [0.717, 1.165) is 18.4 Å². The number of aryl methyl sites for hydroxylation is 1. The Morgan fingerprint density at radius 1 is 1.12 bits per heavy atom. The molecule has 0 bridgehead atoms. The van der Waals surface area contributed by atoms with E-state index in [0.29, 0.717) is 29.6 Å². The van der Waals surface area contributed by atoms with Crippen molar-refractivity contribution in [2.45, 2.75) is 50.0 Å². The number of fused-ring (bicyclic) bond motifs is 1. The number of carbonyl (C=O) groups excluding carboxylic acids is 1. The number of methoxy groups -OCH3 is 1. The molecule has 2 aromatic carbocycles. The number of nitrogens with zero attached hydrogens (tertiary/aromatic N) is 1. The summed E-state index contributed by atoms with van der Waals surface area (Å²) >= 11 is 0. The topological polar surface area (TPSA) is 84.9 Å². The minimum absolute atomic E-state index is 0.0824. The van der Waals surface area contributed by atoms with E-state index in [1.54, 1.807) is 24.3 Å². The van der Waals surface area contributed by atoms with Gasteiger partial charge in [-0.05, 0) is 67.6 Å². The standard InChI is InChI=1S/C24H30N2O5S/c1-17-8-13-21-22(14-17)31-23(24(27)25-15-18-6-4-3-5-7-18)16-26(21)32(28,29)20-11-9-19(30-2)10-12-20/h8-14,18,23H,3-7,15-16H2,1-2H3,(H,25,27). The normalized spacial score (nSPS) is 19.1. The van der Waals surface area contributed by atoms with E-state index in [4.69, 9.17) is 9.47 Å². The first-order chi connectivity index (χ1) is 15.4. The molecule has 0 spiro atoms. The number of nitrogens with one attached hydrogen (secondary N) is 1. The molecular weight excluding hydrogens is 428 g/mol. The summed E-state index contributed by atoms with van der Waals surface area (Å²) in [5.74, 6) is 1.16. The Morgan fingerprint density at radius 3 is 2.53 bits per heavy atom. The van der Waals surface area contributed by atoms with Crippen molar-refractivity contribution >= 4 is 21.6 Å². The molecule has 32 heavy (non-hydrogen) atoms. The number of carbonyl (C=O) groups is 1. The minimum Gasteiger partial charge on any atom is -0.497 e. The fraction of sp³-hybridized carbons (Fsp3) is 0.458. The van der Waals surface area contributed by atoms with Gasteiger partial charge in [-0.1, -0.05) is 25.3 Å². The van der Waals surface area contributed by atoms with Gasteiger partial charge in [-0.25, -0.2) is 8.42 Å². The molecule has 1 fully saturated rings. The molecule has 172 valence electrons. The van der Waals surface area contributed by atoms with Crippen LogP contribution in [0.15, 0.2) is 47.4 Å². The van der Waals surface area contributed by atoms with Gasteiger partial charge in [0.2, 0.25) is 0 Å². The van der Waals surface area contributed by atoms with E-state index in [1.165, 1.54) is 42.8 Å². The molecule has 0 radical (unpaired) electrons. The summed E-state index contributed by atoms with van der Waals surface area (Å²) in [6.45, 7) is 2.42. The van der Waals surface area contributed by atoms with Crippen LogP contribution < -0.4 is 19.1 Å². The van der Waals surface area contributed by atoms with Crippen LogP contribution in [0.3, 0.4) is 0 Å². The molecule has 1 unspecified atom stereocenters. The monoisotopic (exact) mass is 458 g/mol. The molecule has 0 aromatic heterocycles. The Hall–Kier alpha value is -2.74. The molecule has 0 saturated heterocycles. The Labute approximate surface area is 189 Å². The second-order valence-electron chi connectivity index (χ2n) is 8.54. The Kier molecular flexibility index (Phi) is 6.60. The van der Waals surface area contributed by atoms with Crippen LogP contribution in [-0.2, 0) is 14.8 Å². The summed E-state index contributed by atoms with van der Waals surface area (Å²) in [6.07, 6.45) is 4.96. The van der Waals surface area contributed by atoms with Gasteiger partial charge in [0.15, 0.2) is 6.10 Å². The molecule has 1 aliphatic carbocycles. The van der Waals surface area contributed by atoms with Gasteiger partial charge >= 0.3 is 0 Å². The van der Waals surface area contributed by atoms with Crippen LogP contribution in [0.4, 0.5) is 5.69 Å². The molecular formula is C24H30N2O5S. The van der Waals surface area contributed by atoms with Crippen molar-refractivity contribution in [3.8, 4) is 11.5 Å². The van der Waals surface area contributed by atoms with E-state index in [1.807, 2.05) is 13.0 Å². The van der Waals surface area contributed by atoms with E-state index < -0.39 is 16.1 Å². The largest absolute Gasteiger partial charge is 0.497 e. The Bertz CT molecular complexity index is 1060. The second-order valence-corrected chi connectivity index (χ2v) is 10.4. The average Bonchev–Trinajstić information content (AvgIpc) is 2.82. The molecule has 2 aliphatic rings. The lowest BCUT2D eigenvalue weighted by Gasteiger charge is -2.35. The van der Waals surface area contributed by atoms with Crippen LogP contribution >= 0.6 is 0 Å². The molecule has 2 aromatic rings. The number of hydrogen-bond acceptors (Lipinski definition) is 5. The third-order valence-corrected chi connectivity index (χ3v) is 8.01. The molecule has 4 rings (SSSR count). The average molecular weight is 459 g/mol. The van der Waals surface area contributed by atoms with Crippen molar-refractivity contribution in [2.75, 3.05) is 24.5 Å². The first-order valence-corrected chi connectivity index (χ1v) is 12.5. The van der Waals surface area contributed by atoms with Gasteiger partial charge in [0.05, 0.1) is 24.2 Å². The van der Waals surface area contributed by atoms with E-state index in [2.05, 4.69) is 5.32 Å². The molecule has 1 saturated carbocycles. The van der Waals surface area contributed by atoms with Crippen LogP contribution in [0, 0.1) is 12.8 Å². The van der Waals surface area contributed by atoms with Crippen LogP contribution in [0.5, 0.6) is 11.5 Å². The molecule has 1 heterocycles. The van der Waals surface area contributed by atoms with Crippen molar-refractivity contribution in [3.63, 3.8) is 0 Å². The highest BCUT2D eigenvalue weighted by Crippen LogP contribution is 2.38. The van der Waals surface area contributed by atoms with Crippen molar-refractivity contribution in [2.24, 2.45) is 5.92 Å². The van der Waals surface area contributed by atoms with Crippen LogP contribution in [-0.4, -0.2) is 40.6 Å². The summed E-state index contributed by atoms with van der Waals surface area (Å²) in [5, 5.41) is 2.99. The molecule has 1 N–H and O–H groups in total. The van der Waals surface area contributed by atoms with Gasteiger partial charge in [0.1, 0.15) is 11.5 Å². The highest BCUT2D eigenvalue weighted by Gasteiger charge is 2.37. The van der Waals surface area contributed by atoms with E-state index in [9.17, 15) is 13.2 Å². The number of sulfonamides is 1. The van der Waals surface area contributed by atoms with E-state index in [-0.39, 0.29) is 17.3 Å². The summed E-state index contributed by atoms with van der Waals surface area (Å²) < 4.78 is 39.4. The second kappa shape index (κ2) is 9.40. The number of amides is 1. The fourth-order valence-corrected chi connectivity index (χ4v) is 5.83. The maximum absolute atomic E-state index is 13.5. The Balaban J connectivity index is 1.58. The lowest BCUT2D eigenvalue weighted by molar-refractivity contribution is -0.128. The molecule has 7 nitrogen and oxygen atoms in total. The van der Waals surface area contributed by atoms with Gasteiger partial charge in [-0.2, -0.15) is 0 Å². The van der Waals surface area contributed by atoms with Crippen LogP contribution in [0.1, 0.15) is 37.7 Å². The number of hydrogen-bond donors (Lipinski definition) is 1. The predicted octanol–water partition coefficient (Wildman–Crippen LogP) is 3.66. The third kappa shape index (κ3) is 4.70. The quantitative estimate of drug-likeness (QED) is 0.714. The predicted molar refractivity (Wildman–Crippen MR) is 123 cm³/mol. The number of rotatable bonds is 6. The van der Waals surface area contributed by atoms with Crippen LogP contribution in [0.2, 0.25) is 0 Å². The maximum atomic E-state index is 13.5. The zero-order valence-corrected chi connectivity index (χ0v) is 19.4. The fourth-order valence-electron chi connectivity index (χ4n) is 4.35. The van der Waals surface area contributed by atoms with Gasteiger partial charge < -0.3 is 14.8 Å². The van der Waals surface area contributed by atoms with Crippen molar-refractivity contribution in [3.05, 3.63) is 48.0 Å². The van der Waals surface area contributed by atoms with Crippen molar-refractivity contribution in [1.82, 2.24) is 5.32 Å². The lowest BCUT2D eigenvalue weighted by Crippen LogP contribution is -2.51. The van der Waals surface area contributed by atoms with Crippen molar-refractivity contribution in [1.29, 1.82) is 0 Å². The van der Waals surface area contributed by atoms with Gasteiger partial charge in [-0.15, -0.1) is 0 Å². The van der Waals surface area contributed by atoms with Crippen LogP contribution in [0.25, 0.3) is 0 Å². The van der Waals surface area contributed by atoms with Gasteiger partial charge in [0.25, 0.3) is 15.9 Å². The number of benzene rings is 2. The summed E-state index contributed by atoms with van der Waals surface area (Å²) in [4.78, 5) is 13.1. The summed E-state index contributed by atoms with van der Waals surface area (Å²) in [7, 11) is -2.37. The third-order valence-electron chi connectivity index (χ3n) is 6.21. The first kappa shape index (κ1) is 22.5. The van der Waals surface area contributed by atoms with Crippen molar-refractivity contribution < 1.29 is 22.7 Å². The van der Waals surface area contributed by atoms with E-state index >= 15 is 0 Å². The molecule has 1 amide bonds. The highest BCUT2D eigenvalue weighted by molar-refractivity contribution is 7.92. The molecule has 8 heteroatoms. The lowest BCUT2D eigenvalue weighted by atomic mass is 9.89. The zero-order chi connectivity index (χ0) is 22.7. The molecule has 1 atom stereocenters. The zero-order valence-electron chi connectivity index (χ0n) is 18.5. The smallest absolute Gasteiger partial charge is 0.264 e. The number of anilines is 1. The van der Waals surface area contributed by atoms with Gasteiger partial charge in [-0.3, -0.25) is 9.10 Å². The summed E-state index contributed by atoms with van der Waals surface area (Å²) in [5.41, 5.74) is 1.36. The number of ether oxygens (including phenoxy) is 2.